The monoisotopic (exact) mass is 508 g/mol. The van der Waals surface area contributed by atoms with Crippen molar-refractivity contribution in [3.63, 3.8) is 0 Å². The topological polar surface area (TPSA) is 85.3 Å². The molecule has 1 saturated heterocycles. The van der Waals surface area contributed by atoms with Crippen molar-refractivity contribution in [2.45, 2.75) is 26.4 Å². The molecule has 3 aliphatic rings. The maximum atomic E-state index is 12.7. The van der Waals surface area contributed by atoms with Crippen LogP contribution in [-0.4, -0.2) is 41.7 Å². The number of esters is 1. The molecule has 1 heterocycles. The highest BCUT2D eigenvalue weighted by molar-refractivity contribution is 14.1. The summed E-state index contributed by atoms with van der Waals surface area (Å²) in [5.74, 6) is -0.453. The van der Waals surface area contributed by atoms with E-state index in [0.29, 0.717) is 12.4 Å². The van der Waals surface area contributed by atoms with Gasteiger partial charge in [-0.1, -0.05) is 12.2 Å². The van der Waals surface area contributed by atoms with Crippen molar-refractivity contribution in [3.8, 4) is 5.75 Å². The quantitative estimate of drug-likeness (QED) is 0.194. The fourth-order valence-electron chi connectivity index (χ4n) is 4.32. The van der Waals surface area contributed by atoms with Crippen LogP contribution in [0.25, 0.3) is 0 Å². The average molecular weight is 508 g/mol. The largest absolute Gasteiger partial charge is 0.478 e. The predicted molar refractivity (Wildman–Crippen MR) is 113 cm³/mol. The van der Waals surface area contributed by atoms with E-state index in [-0.39, 0.29) is 35.5 Å². The molecule has 7 nitrogen and oxygen atoms in total. The Bertz CT molecular complexity index is 898. The molecule has 1 aromatic rings. The smallest absolute Gasteiger partial charge is 0.347 e. The number of carbonyl (C=O) groups excluding carboxylic acids is 3. The Morgan fingerprint density at radius 1 is 1.28 bits per heavy atom. The summed E-state index contributed by atoms with van der Waals surface area (Å²) in [5, 5.41) is 5.21. The summed E-state index contributed by atoms with van der Waals surface area (Å²) in [7, 11) is 0. The Labute approximate surface area is 182 Å². The Morgan fingerprint density at radius 3 is 2.52 bits per heavy atom. The molecule has 1 aromatic carbocycles. The van der Waals surface area contributed by atoms with Crippen LogP contribution in [0.4, 0.5) is 0 Å². The minimum absolute atomic E-state index is 0.167. The predicted octanol–water partition coefficient (Wildman–Crippen LogP) is 2.76. The number of rotatable bonds is 6. The summed E-state index contributed by atoms with van der Waals surface area (Å²) in [6.45, 7) is 3.67. The molecule has 1 saturated carbocycles. The van der Waals surface area contributed by atoms with E-state index in [4.69, 9.17) is 9.47 Å². The number of ether oxygens (including phenoxy) is 2. The first-order valence-corrected chi connectivity index (χ1v) is 10.7. The highest BCUT2D eigenvalue weighted by atomic mass is 127. The highest BCUT2D eigenvalue weighted by Gasteiger charge is 2.59. The molecule has 152 valence electrons. The van der Waals surface area contributed by atoms with E-state index in [1.54, 1.807) is 26.0 Å². The maximum absolute atomic E-state index is 12.7. The summed E-state index contributed by atoms with van der Waals surface area (Å²) < 4.78 is 11.4. The van der Waals surface area contributed by atoms with Crippen LogP contribution in [0, 0.1) is 27.2 Å². The third kappa shape index (κ3) is 3.58. The van der Waals surface area contributed by atoms with Crippen LogP contribution in [0.2, 0.25) is 0 Å². The van der Waals surface area contributed by atoms with E-state index >= 15 is 0 Å². The molecular formula is C21H21IN2O5. The molecule has 0 spiro atoms. The number of halogens is 1. The van der Waals surface area contributed by atoms with Gasteiger partial charge >= 0.3 is 5.97 Å². The van der Waals surface area contributed by atoms with E-state index in [2.05, 4.69) is 39.8 Å². The van der Waals surface area contributed by atoms with Gasteiger partial charge in [0.25, 0.3) is 11.8 Å². The van der Waals surface area contributed by atoms with Gasteiger partial charge < -0.3 is 9.47 Å². The van der Waals surface area contributed by atoms with Crippen LogP contribution < -0.4 is 4.74 Å². The standard InChI is InChI=1S/C21H21IN2O5/c1-3-28-21(27)11(2)29-16-7-4-12(8-15(16)22)10-23-24-19(25)17-13-5-6-14(9-13)18(17)20(24)26/h4-8,10-11,13-14,17-18H,3,9H2,1-2H3/t11-,13-,14-,17-,18+/m0/s1. The number of nitrogens with zero attached hydrogens (tertiary/aromatic N) is 2. The Balaban J connectivity index is 1.44. The second-order valence-corrected chi connectivity index (χ2v) is 8.60. The summed E-state index contributed by atoms with van der Waals surface area (Å²) >= 11 is 2.10. The Hall–Kier alpha value is -2.23. The lowest BCUT2D eigenvalue weighted by atomic mass is 9.85. The van der Waals surface area contributed by atoms with E-state index in [1.807, 2.05) is 6.07 Å². The van der Waals surface area contributed by atoms with Crippen molar-refractivity contribution in [1.29, 1.82) is 0 Å². The van der Waals surface area contributed by atoms with Gasteiger partial charge in [0.1, 0.15) is 5.75 Å². The van der Waals surface area contributed by atoms with Gasteiger partial charge in [0, 0.05) is 0 Å². The minimum Gasteiger partial charge on any atom is -0.478 e. The van der Waals surface area contributed by atoms with E-state index in [0.717, 1.165) is 20.6 Å². The molecule has 0 unspecified atom stereocenters. The number of hydrazone groups is 1. The van der Waals surface area contributed by atoms with Crippen LogP contribution in [0.1, 0.15) is 25.8 Å². The number of hydrogen-bond acceptors (Lipinski definition) is 6. The van der Waals surface area contributed by atoms with Gasteiger partial charge in [0.05, 0.1) is 28.2 Å². The number of imide groups is 1. The van der Waals surface area contributed by atoms with Crippen LogP contribution >= 0.6 is 22.6 Å². The first-order chi connectivity index (χ1) is 13.9. The molecule has 2 fully saturated rings. The molecule has 0 radical (unpaired) electrons. The third-order valence-corrected chi connectivity index (χ3v) is 6.49. The summed E-state index contributed by atoms with van der Waals surface area (Å²) in [5.41, 5.74) is 0.726. The zero-order chi connectivity index (χ0) is 20.7. The molecule has 0 aromatic heterocycles. The van der Waals surface area contributed by atoms with Crippen molar-refractivity contribution in [2.24, 2.45) is 28.8 Å². The third-order valence-electron chi connectivity index (χ3n) is 5.65. The van der Waals surface area contributed by atoms with Gasteiger partial charge in [-0.05, 0) is 78.5 Å². The van der Waals surface area contributed by atoms with Gasteiger partial charge in [-0.3, -0.25) is 9.59 Å². The molecule has 1 aliphatic heterocycles. The highest BCUT2D eigenvalue weighted by Crippen LogP contribution is 2.52. The van der Waals surface area contributed by atoms with E-state index in [1.165, 1.54) is 6.21 Å². The molecule has 8 heteroatoms. The van der Waals surface area contributed by atoms with Crippen molar-refractivity contribution in [3.05, 3.63) is 39.5 Å². The molecule has 0 N–H and O–H groups in total. The number of hydrogen-bond donors (Lipinski definition) is 0. The number of fused-ring (bicyclic) bond motifs is 5. The number of carbonyl (C=O) groups is 3. The second-order valence-electron chi connectivity index (χ2n) is 7.43. The van der Waals surface area contributed by atoms with Gasteiger partial charge in [0.15, 0.2) is 6.10 Å². The average Bonchev–Trinajstić information content (AvgIpc) is 3.37. The lowest BCUT2D eigenvalue weighted by molar-refractivity contribution is -0.150. The number of benzene rings is 1. The Morgan fingerprint density at radius 2 is 1.93 bits per heavy atom. The zero-order valence-corrected chi connectivity index (χ0v) is 18.2. The number of amides is 2. The molecule has 2 aliphatic carbocycles. The molecule has 2 bridgehead atoms. The van der Waals surface area contributed by atoms with E-state index < -0.39 is 12.1 Å². The van der Waals surface area contributed by atoms with Crippen LogP contribution in [0.15, 0.2) is 35.5 Å². The van der Waals surface area contributed by atoms with Crippen molar-refractivity contribution in [2.75, 3.05) is 6.61 Å². The molecule has 5 atom stereocenters. The van der Waals surface area contributed by atoms with Crippen molar-refractivity contribution in [1.82, 2.24) is 5.01 Å². The summed E-state index contributed by atoms with van der Waals surface area (Å²) in [6, 6.07) is 5.30. The lowest BCUT2D eigenvalue weighted by Gasteiger charge is -2.15. The lowest BCUT2D eigenvalue weighted by Crippen LogP contribution is -2.28. The van der Waals surface area contributed by atoms with Crippen LogP contribution in [0.5, 0.6) is 5.75 Å². The molecule has 29 heavy (non-hydrogen) atoms. The normalized spacial score (nSPS) is 28.3. The fourth-order valence-corrected chi connectivity index (χ4v) is 4.98. The number of allylic oxidation sites excluding steroid dienone is 2. The molecule has 4 rings (SSSR count). The van der Waals surface area contributed by atoms with Crippen molar-refractivity contribution >= 4 is 46.6 Å². The maximum Gasteiger partial charge on any atom is 0.347 e. The first kappa shape index (κ1) is 20.1. The van der Waals surface area contributed by atoms with Gasteiger partial charge in [-0.2, -0.15) is 10.1 Å². The van der Waals surface area contributed by atoms with Gasteiger partial charge in [0.2, 0.25) is 0 Å². The first-order valence-electron chi connectivity index (χ1n) is 9.63. The molecular weight excluding hydrogens is 487 g/mol. The van der Waals surface area contributed by atoms with E-state index in [9.17, 15) is 14.4 Å². The summed E-state index contributed by atoms with van der Waals surface area (Å²) in [6.07, 6.45) is 5.80. The van der Waals surface area contributed by atoms with Crippen LogP contribution in [-0.2, 0) is 19.1 Å². The second kappa shape index (κ2) is 7.89. The molecule has 2 amide bonds. The van der Waals surface area contributed by atoms with Crippen LogP contribution in [0.3, 0.4) is 0 Å². The fraction of sp³-hybridized carbons (Fsp3) is 0.429. The summed E-state index contributed by atoms with van der Waals surface area (Å²) in [4.78, 5) is 37.0. The SMILES string of the molecule is CCOC(=O)[C@H](C)Oc1ccc(C=NN2C(=O)[C@@H]3[C@H](C2=O)[C@H]2C=C[C@H]3C2)cc1I. The minimum atomic E-state index is -0.716. The zero-order valence-electron chi connectivity index (χ0n) is 16.1. The van der Waals surface area contributed by atoms with Gasteiger partial charge in [-0.25, -0.2) is 4.79 Å². The van der Waals surface area contributed by atoms with Crippen molar-refractivity contribution < 1.29 is 23.9 Å². The van der Waals surface area contributed by atoms with Gasteiger partial charge in [-0.15, -0.1) is 0 Å². The Kier molecular flexibility index (Phi) is 5.46.